The van der Waals surface area contributed by atoms with Crippen LogP contribution in [0.5, 0.6) is 0 Å². The Balaban J connectivity index is 2.95. The van der Waals surface area contributed by atoms with Crippen LogP contribution in [-0.4, -0.2) is 26.3 Å². The van der Waals surface area contributed by atoms with E-state index in [2.05, 4.69) is 0 Å². The summed E-state index contributed by atoms with van der Waals surface area (Å²) in [4.78, 5) is 2.03. The zero-order chi connectivity index (χ0) is 12.1. The molecule has 0 fully saturated rings. The highest BCUT2D eigenvalue weighted by Crippen LogP contribution is 2.25. The number of hydrogen-bond acceptors (Lipinski definition) is 3. The van der Waals surface area contributed by atoms with E-state index in [1.807, 2.05) is 18.7 Å². The zero-order valence-electron chi connectivity index (χ0n) is 10.0. The Hall–Kier alpha value is -1.29. The zero-order valence-corrected chi connectivity index (χ0v) is 10.0. The van der Waals surface area contributed by atoms with Crippen molar-refractivity contribution in [3.8, 4) is 0 Å². The standard InChI is InChI=1S/C12H19FN2O/c1-9(2)15(6-7-16-3)12-8-10(13)4-5-11(12)14/h4-5,8-9H,6-7,14H2,1-3H3. The van der Waals surface area contributed by atoms with Crippen LogP contribution in [-0.2, 0) is 4.74 Å². The van der Waals surface area contributed by atoms with Crippen molar-refractivity contribution < 1.29 is 9.13 Å². The highest BCUT2D eigenvalue weighted by molar-refractivity contribution is 5.67. The van der Waals surface area contributed by atoms with Crippen molar-refractivity contribution in [2.45, 2.75) is 19.9 Å². The molecule has 0 bridgehead atoms. The van der Waals surface area contributed by atoms with Gasteiger partial charge in [-0.1, -0.05) is 0 Å². The number of halogens is 1. The van der Waals surface area contributed by atoms with Crippen molar-refractivity contribution in [3.05, 3.63) is 24.0 Å². The summed E-state index contributed by atoms with van der Waals surface area (Å²) in [5.41, 5.74) is 7.17. The van der Waals surface area contributed by atoms with Crippen LogP contribution in [0.3, 0.4) is 0 Å². The van der Waals surface area contributed by atoms with Crippen LogP contribution in [0.4, 0.5) is 15.8 Å². The van der Waals surface area contributed by atoms with Crippen molar-refractivity contribution in [1.82, 2.24) is 0 Å². The first kappa shape index (κ1) is 12.8. The van der Waals surface area contributed by atoms with E-state index in [4.69, 9.17) is 10.5 Å². The van der Waals surface area contributed by atoms with Gasteiger partial charge in [0.2, 0.25) is 0 Å². The van der Waals surface area contributed by atoms with Gasteiger partial charge in [-0.2, -0.15) is 0 Å². The van der Waals surface area contributed by atoms with Gasteiger partial charge in [0.25, 0.3) is 0 Å². The molecular formula is C12H19FN2O. The fraction of sp³-hybridized carbons (Fsp3) is 0.500. The Morgan fingerprint density at radius 1 is 1.44 bits per heavy atom. The fourth-order valence-electron chi connectivity index (χ4n) is 1.61. The SMILES string of the molecule is COCCN(c1cc(F)ccc1N)C(C)C. The van der Waals surface area contributed by atoms with E-state index in [1.54, 1.807) is 13.2 Å². The van der Waals surface area contributed by atoms with Gasteiger partial charge in [-0.05, 0) is 32.0 Å². The Morgan fingerprint density at radius 2 is 2.12 bits per heavy atom. The van der Waals surface area contributed by atoms with Gasteiger partial charge in [-0.3, -0.25) is 0 Å². The van der Waals surface area contributed by atoms with Gasteiger partial charge in [0.15, 0.2) is 0 Å². The Labute approximate surface area is 96.0 Å². The summed E-state index contributed by atoms with van der Waals surface area (Å²) >= 11 is 0. The molecule has 0 heterocycles. The molecule has 1 rings (SSSR count). The number of nitrogens with two attached hydrogens (primary N) is 1. The normalized spacial score (nSPS) is 10.8. The first-order valence-corrected chi connectivity index (χ1v) is 5.37. The molecule has 0 unspecified atom stereocenters. The molecule has 1 aromatic carbocycles. The van der Waals surface area contributed by atoms with E-state index in [1.165, 1.54) is 12.1 Å². The van der Waals surface area contributed by atoms with Crippen molar-refractivity contribution in [2.24, 2.45) is 0 Å². The number of rotatable bonds is 5. The summed E-state index contributed by atoms with van der Waals surface area (Å²) < 4.78 is 18.2. The van der Waals surface area contributed by atoms with E-state index in [0.717, 1.165) is 5.69 Å². The predicted molar refractivity (Wildman–Crippen MR) is 65.2 cm³/mol. The van der Waals surface area contributed by atoms with Gasteiger partial charge in [0, 0.05) is 19.7 Å². The van der Waals surface area contributed by atoms with Crippen LogP contribution in [0.25, 0.3) is 0 Å². The van der Waals surface area contributed by atoms with Gasteiger partial charge >= 0.3 is 0 Å². The van der Waals surface area contributed by atoms with Gasteiger partial charge in [0.1, 0.15) is 5.82 Å². The topological polar surface area (TPSA) is 38.5 Å². The molecule has 3 nitrogen and oxygen atoms in total. The van der Waals surface area contributed by atoms with Crippen LogP contribution in [0, 0.1) is 5.82 Å². The molecule has 0 aliphatic rings. The summed E-state index contributed by atoms with van der Waals surface area (Å²) in [5, 5.41) is 0. The van der Waals surface area contributed by atoms with Crippen LogP contribution >= 0.6 is 0 Å². The van der Waals surface area contributed by atoms with Crippen molar-refractivity contribution >= 4 is 11.4 Å². The molecule has 16 heavy (non-hydrogen) atoms. The highest BCUT2D eigenvalue weighted by Gasteiger charge is 2.13. The summed E-state index contributed by atoms with van der Waals surface area (Å²) in [5.74, 6) is -0.271. The van der Waals surface area contributed by atoms with Gasteiger partial charge in [-0.25, -0.2) is 4.39 Å². The van der Waals surface area contributed by atoms with E-state index in [0.29, 0.717) is 18.8 Å². The molecule has 1 aromatic rings. The van der Waals surface area contributed by atoms with E-state index >= 15 is 0 Å². The lowest BCUT2D eigenvalue weighted by atomic mass is 10.2. The summed E-state index contributed by atoms with van der Waals surface area (Å²) in [7, 11) is 1.65. The quantitative estimate of drug-likeness (QED) is 0.783. The minimum absolute atomic E-state index is 0.249. The first-order valence-electron chi connectivity index (χ1n) is 5.37. The molecule has 0 aromatic heterocycles. The Bertz CT molecular complexity index is 342. The number of nitrogen functional groups attached to an aromatic ring is 1. The molecule has 2 N–H and O–H groups in total. The van der Waals surface area contributed by atoms with E-state index < -0.39 is 0 Å². The van der Waals surface area contributed by atoms with Gasteiger partial charge in [-0.15, -0.1) is 0 Å². The third-order valence-electron chi connectivity index (χ3n) is 2.46. The second-order valence-electron chi connectivity index (χ2n) is 3.98. The third-order valence-corrected chi connectivity index (χ3v) is 2.46. The maximum absolute atomic E-state index is 13.2. The van der Waals surface area contributed by atoms with Gasteiger partial charge in [0.05, 0.1) is 18.0 Å². The van der Waals surface area contributed by atoms with E-state index in [-0.39, 0.29) is 11.9 Å². The van der Waals surface area contributed by atoms with E-state index in [9.17, 15) is 4.39 Å². The molecule has 0 aliphatic heterocycles. The summed E-state index contributed by atoms with van der Waals surface area (Å²) in [6.07, 6.45) is 0. The molecule has 0 spiro atoms. The average Bonchev–Trinajstić information content (AvgIpc) is 2.23. The number of hydrogen-bond donors (Lipinski definition) is 1. The van der Waals surface area contributed by atoms with Gasteiger partial charge < -0.3 is 15.4 Å². The van der Waals surface area contributed by atoms with Crippen LogP contribution in [0.2, 0.25) is 0 Å². The molecule has 90 valence electrons. The Kier molecular flexibility index (Phi) is 4.55. The maximum Gasteiger partial charge on any atom is 0.125 e. The molecular weight excluding hydrogens is 207 g/mol. The average molecular weight is 226 g/mol. The largest absolute Gasteiger partial charge is 0.397 e. The monoisotopic (exact) mass is 226 g/mol. The number of nitrogens with zero attached hydrogens (tertiary/aromatic N) is 1. The third kappa shape index (κ3) is 3.10. The van der Waals surface area contributed by atoms with Crippen molar-refractivity contribution in [3.63, 3.8) is 0 Å². The number of benzene rings is 1. The lowest BCUT2D eigenvalue weighted by molar-refractivity contribution is 0.204. The highest BCUT2D eigenvalue weighted by atomic mass is 19.1. The van der Waals surface area contributed by atoms with Crippen LogP contribution in [0.15, 0.2) is 18.2 Å². The van der Waals surface area contributed by atoms with Crippen LogP contribution < -0.4 is 10.6 Å². The summed E-state index contributed by atoms with van der Waals surface area (Å²) in [6.45, 7) is 5.37. The predicted octanol–water partition coefficient (Wildman–Crippen LogP) is 2.27. The maximum atomic E-state index is 13.2. The minimum Gasteiger partial charge on any atom is -0.397 e. The molecule has 4 heteroatoms. The molecule has 0 radical (unpaired) electrons. The fourth-order valence-corrected chi connectivity index (χ4v) is 1.61. The smallest absolute Gasteiger partial charge is 0.125 e. The first-order chi connectivity index (χ1) is 7.56. The second kappa shape index (κ2) is 5.70. The molecule has 0 saturated heterocycles. The van der Waals surface area contributed by atoms with Crippen molar-refractivity contribution in [2.75, 3.05) is 30.9 Å². The minimum atomic E-state index is -0.271. The lowest BCUT2D eigenvalue weighted by Gasteiger charge is -2.29. The molecule has 0 saturated carbocycles. The number of anilines is 2. The molecule has 0 aliphatic carbocycles. The van der Waals surface area contributed by atoms with Crippen LogP contribution in [0.1, 0.15) is 13.8 Å². The number of ether oxygens (including phenoxy) is 1. The summed E-state index contributed by atoms with van der Waals surface area (Å²) in [6, 6.07) is 4.67. The number of methoxy groups -OCH3 is 1. The Morgan fingerprint density at radius 3 is 2.69 bits per heavy atom. The van der Waals surface area contributed by atoms with Crippen molar-refractivity contribution in [1.29, 1.82) is 0 Å². The second-order valence-corrected chi connectivity index (χ2v) is 3.98. The molecule has 0 amide bonds. The lowest BCUT2D eigenvalue weighted by Crippen LogP contribution is -2.34. The molecule has 0 atom stereocenters.